The van der Waals surface area contributed by atoms with E-state index in [1.54, 1.807) is 0 Å². The Kier molecular flexibility index (Phi) is 8.07. The first-order chi connectivity index (χ1) is 7.47. The zero-order valence-corrected chi connectivity index (χ0v) is 10.0. The number of aliphatic carboxylic acids is 2. The van der Waals surface area contributed by atoms with Crippen LogP contribution >= 0.6 is 8.38 Å². The van der Waals surface area contributed by atoms with Gasteiger partial charge in [-0.25, -0.2) is 4.79 Å². The van der Waals surface area contributed by atoms with Gasteiger partial charge in [0.25, 0.3) is 0 Å². The van der Waals surface area contributed by atoms with Gasteiger partial charge in [-0.3, -0.25) is 4.79 Å². The molecule has 0 radical (unpaired) electrons. The average molecular weight is 252 g/mol. The second-order valence-electron chi connectivity index (χ2n) is 3.29. The van der Waals surface area contributed by atoms with Crippen molar-refractivity contribution in [1.82, 2.24) is 0 Å². The second kappa shape index (κ2) is 8.44. The number of hydrogen-bond donors (Lipinski definition) is 3. The number of rotatable bonds is 9. The van der Waals surface area contributed by atoms with Crippen LogP contribution < -0.4 is 0 Å². The minimum absolute atomic E-state index is 0.129. The van der Waals surface area contributed by atoms with Gasteiger partial charge in [-0.05, 0) is 12.8 Å². The molecule has 2 unspecified atom stereocenters. The summed E-state index contributed by atoms with van der Waals surface area (Å²) < 4.78 is 4.92. The summed E-state index contributed by atoms with van der Waals surface area (Å²) in [5, 5.41) is 17.2. The van der Waals surface area contributed by atoms with Gasteiger partial charge >= 0.3 is 11.9 Å². The SMILES string of the molecule is CCCCP(O)OC(CCC(=O)O)C(=O)O. The lowest BCUT2D eigenvalue weighted by Gasteiger charge is -2.16. The largest absolute Gasteiger partial charge is 0.481 e. The van der Waals surface area contributed by atoms with Crippen LogP contribution in [0.5, 0.6) is 0 Å². The minimum Gasteiger partial charge on any atom is -0.481 e. The fourth-order valence-corrected chi connectivity index (χ4v) is 2.15. The average Bonchev–Trinajstić information content (AvgIpc) is 2.20. The van der Waals surface area contributed by atoms with Crippen LogP contribution in [-0.4, -0.2) is 39.3 Å². The molecule has 0 rings (SSSR count). The molecule has 0 aromatic carbocycles. The molecule has 0 amide bonds. The predicted octanol–water partition coefficient (Wildman–Crippen LogP) is 1.43. The molecule has 0 aromatic heterocycles. The third-order valence-corrected chi connectivity index (χ3v) is 3.04. The lowest BCUT2D eigenvalue weighted by molar-refractivity contribution is -0.146. The number of carboxylic acid groups (broad SMARTS) is 2. The number of hydrogen-bond acceptors (Lipinski definition) is 4. The molecule has 0 spiro atoms. The van der Waals surface area contributed by atoms with Crippen molar-refractivity contribution in [2.45, 2.75) is 38.7 Å². The van der Waals surface area contributed by atoms with Crippen LogP contribution in [-0.2, 0) is 14.1 Å². The highest BCUT2D eigenvalue weighted by molar-refractivity contribution is 7.46. The van der Waals surface area contributed by atoms with Crippen LogP contribution in [0.1, 0.15) is 32.6 Å². The first kappa shape index (κ1) is 15.3. The molecular formula is C9H17O6P. The van der Waals surface area contributed by atoms with Gasteiger partial charge in [-0.1, -0.05) is 13.3 Å². The molecule has 0 aliphatic rings. The summed E-state index contributed by atoms with van der Waals surface area (Å²) in [6.07, 6.45) is 0.416. The third-order valence-electron chi connectivity index (χ3n) is 1.85. The number of carbonyl (C=O) groups is 2. The van der Waals surface area contributed by atoms with Gasteiger partial charge in [0.05, 0.1) is 0 Å². The summed E-state index contributed by atoms with van der Waals surface area (Å²) in [5.74, 6) is -2.31. The Morgan fingerprint density at radius 2 is 2.00 bits per heavy atom. The Labute approximate surface area is 95.2 Å². The highest BCUT2D eigenvalue weighted by atomic mass is 31.2. The lowest BCUT2D eigenvalue weighted by Crippen LogP contribution is -2.23. The Morgan fingerprint density at radius 1 is 1.38 bits per heavy atom. The molecule has 7 heteroatoms. The lowest BCUT2D eigenvalue weighted by atomic mass is 10.2. The van der Waals surface area contributed by atoms with Gasteiger partial charge in [-0.15, -0.1) is 0 Å². The van der Waals surface area contributed by atoms with E-state index >= 15 is 0 Å². The molecule has 0 saturated carbocycles. The molecule has 3 N–H and O–H groups in total. The third kappa shape index (κ3) is 7.56. The van der Waals surface area contributed by atoms with Crippen molar-refractivity contribution in [3.8, 4) is 0 Å². The van der Waals surface area contributed by atoms with Crippen LogP contribution in [0.15, 0.2) is 0 Å². The van der Waals surface area contributed by atoms with Crippen LogP contribution in [0.4, 0.5) is 0 Å². The van der Waals surface area contributed by atoms with Crippen molar-refractivity contribution >= 4 is 20.3 Å². The molecule has 6 nitrogen and oxygen atoms in total. The summed E-state index contributed by atoms with van der Waals surface area (Å²) >= 11 is 0. The predicted molar refractivity (Wildman–Crippen MR) is 58.3 cm³/mol. The first-order valence-electron chi connectivity index (χ1n) is 5.05. The van der Waals surface area contributed by atoms with Crippen molar-refractivity contribution < 1.29 is 29.2 Å². The number of carboxylic acids is 2. The van der Waals surface area contributed by atoms with Gasteiger partial charge < -0.3 is 19.6 Å². The Morgan fingerprint density at radius 3 is 2.44 bits per heavy atom. The van der Waals surface area contributed by atoms with Gasteiger partial charge in [0.15, 0.2) is 14.5 Å². The van der Waals surface area contributed by atoms with Crippen LogP contribution in [0, 0.1) is 0 Å². The maximum Gasteiger partial charge on any atom is 0.333 e. The smallest absolute Gasteiger partial charge is 0.333 e. The van der Waals surface area contributed by atoms with E-state index in [9.17, 15) is 14.5 Å². The van der Waals surface area contributed by atoms with E-state index in [4.69, 9.17) is 14.7 Å². The van der Waals surface area contributed by atoms with Gasteiger partial charge in [0.2, 0.25) is 0 Å². The van der Waals surface area contributed by atoms with Crippen LogP contribution in [0.25, 0.3) is 0 Å². The maximum atomic E-state index is 10.7. The van der Waals surface area contributed by atoms with E-state index < -0.39 is 26.4 Å². The summed E-state index contributed by atoms with van der Waals surface area (Å²) in [4.78, 5) is 30.4. The summed E-state index contributed by atoms with van der Waals surface area (Å²) in [6, 6.07) is 0. The zero-order valence-electron chi connectivity index (χ0n) is 9.13. The summed E-state index contributed by atoms with van der Waals surface area (Å²) in [5.41, 5.74) is 0. The standard InChI is InChI=1S/C9H17O6P/c1-2-3-6-16(14)15-7(9(12)13)4-5-8(10)11/h7,14H,2-6H2,1H3,(H,10,11)(H,12,13). The van der Waals surface area contributed by atoms with Crippen molar-refractivity contribution in [3.05, 3.63) is 0 Å². The fourth-order valence-electron chi connectivity index (χ4n) is 0.969. The normalized spacial score (nSPS) is 14.4. The molecule has 0 bridgehead atoms. The minimum atomic E-state index is -1.76. The zero-order chi connectivity index (χ0) is 12.6. The highest BCUT2D eigenvalue weighted by Gasteiger charge is 2.23. The molecule has 2 atom stereocenters. The molecule has 0 heterocycles. The van der Waals surface area contributed by atoms with Crippen molar-refractivity contribution in [2.24, 2.45) is 0 Å². The van der Waals surface area contributed by atoms with E-state index in [2.05, 4.69) is 0 Å². The monoisotopic (exact) mass is 252 g/mol. The molecule has 0 fully saturated rings. The van der Waals surface area contributed by atoms with E-state index in [1.165, 1.54) is 0 Å². The van der Waals surface area contributed by atoms with Crippen molar-refractivity contribution in [2.75, 3.05) is 6.16 Å². The second-order valence-corrected chi connectivity index (χ2v) is 4.66. The van der Waals surface area contributed by atoms with E-state index in [0.29, 0.717) is 6.16 Å². The Bertz CT molecular complexity index is 232. The molecule has 0 aliphatic carbocycles. The summed E-state index contributed by atoms with van der Waals surface area (Å²) in [7, 11) is -1.76. The van der Waals surface area contributed by atoms with Gasteiger partial charge in [0, 0.05) is 12.6 Å². The maximum absolute atomic E-state index is 10.7. The van der Waals surface area contributed by atoms with E-state index in [0.717, 1.165) is 12.8 Å². The van der Waals surface area contributed by atoms with E-state index in [-0.39, 0.29) is 12.8 Å². The Balaban J connectivity index is 4.01. The first-order valence-corrected chi connectivity index (χ1v) is 6.45. The summed E-state index contributed by atoms with van der Waals surface area (Å²) in [6.45, 7) is 1.95. The van der Waals surface area contributed by atoms with Gasteiger partial charge in [-0.2, -0.15) is 0 Å². The van der Waals surface area contributed by atoms with E-state index in [1.807, 2.05) is 6.92 Å². The fraction of sp³-hybridized carbons (Fsp3) is 0.778. The van der Waals surface area contributed by atoms with Crippen molar-refractivity contribution in [1.29, 1.82) is 0 Å². The number of unbranched alkanes of at least 4 members (excludes halogenated alkanes) is 1. The quantitative estimate of drug-likeness (QED) is 0.536. The van der Waals surface area contributed by atoms with Gasteiger partial charge in [0.1, 0.15) is 0 Å². The van der Waals surface area contributed by atoms with Crippen molar-refractivity contribution in [3.63, 3.8) is 0 Å². The molecule has 16 heavy (non-hydrogen) atoms. The molecule has 0 aromatic rings. The van der Waals surface area contributed by atoms with Crippen LogP contribution in [0.3, 0.4) is 0 Å². The van der Waals surface area contributed by atoms with Crippen LogP contribution in [0.2, 0.25) is 0 Å². The molecule has 0 aliphatic heterocycles. The molecule has 94 valence electrons. The molecular weight excluding hydrogens is 235 g/mol. The molecule has 0 saturated heterocycles. The highest BCUT2D eigenvalue weighted by Crippen LogP contribution is 2.35. The Hall–Kier alpha value is -0.710. The topological polar surface area (TPSA) is 104 Å².